The van der Waals surface area contributed by atoms with Crippen LogP contribution < -0.4 is 10.0 Å². The standard InChI is InChI=1S/C9H11FN2O3S/c1-16(14,15)11-6-9(13)12-8-4-2-7(10)3-5-8/h2-5,11H,6H2,1H3,(H,12,13). The van der Waals surface area contributed by atoms with Gasteiger partial charge in [0.15, 0.2) is 0 Å². The van der Waals surface area contributed by atoms with Crippen LogP contribution in [0.1, 0.15) is 0 Å². The first-order valence-corrected chi connectivity index (χ1v) is 6.26. The van der Waals surface area contributed by atoms with Crippen LogP contribution in [-0.2, 0) is 14.8 Å². The second kappa shape index (κ2) is 5.04. The molecule has 7 heteroatoms. The van der Waals surface area contributed by atoms with Crippen molar-refractivity contribution < 1.29 is 17.6 Å². The third-order valence-corrected chi connectivity index (χ3v) is 2.29. The number of amides is 1. The minimum absolute atomic E-state index is 0.351. The average molecular weight is 246 g/mol. The molecule has 0 aliphatic heterocycles. The Morgan fingerprint density at radius 1 is 1.31 bits per heavy atom. The molecule has 1 rings (SSSR count). The van der Waals surface area contributed by atoms with E-state index in [-0.39, 0.29) is 6.54 Å². The number of carbonyl (C=O) groups is 1. The number of benzene rings is 1. The lowest BCUT2D eigenvalue weighted by Gasteiger charge is -2.05. The van der Waals surface area contributed by atoms with Crippen LogP contribution in [0.3, 0.4) is 0 Å². The molecule has 1 amide bonds. The molecule has 0 aromatic heterocycles. The number of rotatable bonds is 4. The molecule has 5 nitrogen and oxygen atoms in total. The predicted octanol–water partition coefficient (Wildman–Crippen LogP) is 0.313. The van der Waals surface area contributed by atoms with Crippen molar-refractivity contribution in [1.82, 2.24) is 4.72 Å². The van der Waals surface area contributed by atoms with E-state index in [0.29, 0.717) is 5.69 Å². The van der Waals surface area contributed by atoms with Gasteiger partial charge in [0, 0.05) is 5.69 Å². The largest absolute Gasteiger partial charge is 0.325 e. The summed E-state index contributed by atoms with van der Waals surface area (Å²) in [6.07, 6.45) is 0.957. The molecule has 1 aromatic carbocycles. The highest BCUT2D eigenvalue weighted by Gasteiger charge is 2.06. The Kier molecular flexibility index (Phi) is 3.97. The van der Waals surface area contributed by atoms with Crippen molar-refractivity contribution in [2.75, 3.05) is 18.1 Å². The van der Waals surface area contributed by atoms with E-state index in [1.165, 1.54) is 24.3 Å². The van der Waals surface area contributed by atoms with Gasteiger partial charge in [0.1, 0.15) is 5.82 Å². The van der Waals surface area contributed by atoms with Crippen LogP contribution in [0.5, 0.6) is 0 Å². The quantitative estimate of drug-likeness (QED) is 0.803. The van der Waals surface area contributed by atoms with Crippen LogP contribution >= 0.6 is 0 Å². The number of anilines is 1. The summed E-state index contributed by atoms with van der Waals surface area (Å²) in [5.41, 5.74) is 0.404. The molecule has 0 bridgehead atoms. The van der Waals surface area contributed by atoms with E-state index in [1.807, 2.05) is 4.72 Å². The van der Waals surface area contributed by atoms with Gasteiger partial charge in [0.2, 0.25) is 15.9 Å². The fourth-order valence-electron chi connectivity index (χ4n) is 0.935. The Morgan fingerprint density at radius 3 is 2.38 bits per heavy atom. The van der Waals surface area contributed by atoms with E-state index in [9.17, 15) is 17.6 Å². The molecule has 0 aliphatic carbocycles. The van der Waals surface area contributed by atoms with Crippen molar-refractivity contribution >= 4 is 21.6 Å². The van der Waals surface area contributed by atoms with Gasteiger partial charge >= 0.3 is 0 Å². The Balaban J connectivity index is 2.49. The van der Waals surface area contributed by atoms with Crippen LogP contribution in [0.15, 0.2) is 24.3 Å². The number of nitrogens with one attached hydrogen (secondary N) is 2. The van der Waals surface area contributed by atoms with Gasteiger partial charge in [-0.25, -0.2) is 17.5 Å². The van der Waals surface area contributed by atoms with Crippen molar-refractivity contribution in [3.63, 3.8) is 0 Å². The molecule has 0 spiro atoms. The minimum Gasteiger partial charge on any atom is -0.325 e. The zero-order valence-corrected chi connectivity index (χ0v) is 9.34. The molecule has 2 N–H and O–H groups in total. The summed E-state index contributed by atoms with van der Waals surface area (Å²) in [4.78, 5) is 11.2. The van der Waals surface area contributed by atoms with Gasteiger partial charge in [0.05, 0.1) is 12.8 Å². The van der Waals surface area contributed by atoms with Crippen LogP contribution in [0.25, 0.3) is 0 Å². The average Bonchev–Trinajstić information content (AvgIpc) is 2.18. The smallest absolute Gasteiger partial charge is 0.239 e. The third kappa shape index (κ3) is 4.85. The second-order valence-electron chi connectivity index (χ2n) is 3.15. The van der Waals surface area contributed by atoms with Gasteiger partial charge in [-0.3, -0.25) is 4.79 Å². The fourth-order valence-corrected chi connectivity index (χ4v) is 1.33. The highest BCUT2D eigenvalue weighted by molar-refractivity contribution is 7.88. The summed E-state index contributed by atoms with van der Waals surface area (Å²) in [5.74, 6) is -0.927. The van der Waals surface area contributed by atoms with Gasteiger partial charge in [-0.15, -0.1) is 0 Å². The van der Waals surface area contributed by atoms with Crippen LogP contribution in [0.4, 0.5) is 10.1 Å². The van der Waals surface area contributed by atoms with Crippen molar-refractivity contribution in [3.05, 3.63) is 30.1 Å². The topological polar surface area (TPSA) is 75.3 Å². The van der Waals surface area contributed by atoms with Gasteiger partial charge < -0.3 is 5.32 Å². The van der Waals surface area contributed by atoms with Crippen molar-refractivity contribution in [1.29, 1.82) is 0 Å². The summed E-state index contributed by atoms with van der Waals surface area (Å²) in [7, 11) is -3.39. The molecular formula is C9H11FN2O3S. The number of sulfonamides is 1. The molecule has 0 radical (unpaired) electrons. The second-order valence-corrected chi connectivity index (χ2v) is 4.98. The Bertz CT molecular complexity index is 470. The lowest BCUT2D eigenvalue weighted by Crippen LogP contribution is -2.32. The zero-order valence-electron chi connectivity index (χ0n) is 8.53. The summed E-state index contributed by atoms with van der Waals surface area (Å²) < 4.78 is 35.9. The predicted molar refractivity (Wildman–Crippen MR) is 57.9 cm³/mol. The highest BCUT2D eigenvalue weighted by atomic mass is 32.2. The maximum Gasteiger partial charge on any atom is 0.239 e. The Morgan fingerprint density at radius 2 is 1.88 bits per heavy atom. The third-order valence-electron chi connectivity index (χ3n) is 1.62. The van der Waals surface area contributed by atoms with Crippen molar-refractivity contribution in [2.24, 2.45) is 0 Å². The van der Waals surface area contributed by atoms with Gasteiger partial charge in [0.25, 0.3) is 0 Å². The van der Waals surface area contributed by atoms with E-state index >= 15 is 0 Å². The summed E-state index contributed by atoms with van der Waals surface area (Å²) in [6, 6.07) is 5.15. The van der Waals surface area contributed by atoms with Crippen LogP contribution in [-0.4, -0.2) is 27.1 Å². The molecule has 0 fully saturated rings. The molecule has 0 saturated heterocycles. The molecular weight excluding hydrogens is 235 g/mol. The lowest BCUT2D eigenvalue weighted by atomic mass is 10.3. The molecule has 88 valence electrons. The fraction of sp³-hybridized carbons (Fsp3) is 0.222. The van der Waals surface area contributed by atoms with Gasteiger partial charge in [-0.05, 0) is 24.3 Å². The minimum atomic E-state index is -3.39. The number of hydrogen-bond acceptors (Lipinski definition) is 3. The van der Waals surface area contributed by atoms with Gasteiger partial charge in [-0.2, -0.15) is 0 Å². The summed E-state index contributed by atoms with van der Waals surface area (Å²) in [5, 5.41) is 2.41. The van der Waals surface area contributed by atoms with E-state index in [2.05, 4.69) is 5.32 Å². The van der Waals surface area contributed by atoms with Crippen molar-refractivity contribution in [2.45, 2.75) is 0 Å². The normalized spacial score (nSPS) is 11.1. The maximum atomic E-state index is 12.5. The number of carbonyl (C=O) groups excluding carboxylic acids is 1. The molecule has 0 aliphatic rings. The maximum absolute atomic E-state index is 12.5. The monoisotopic (exact) mass is 246 g/mol. The molecule has 1 aromatic rings. The van der Waals surface area contributed by atoms with E-state index < -0.39 is 21.7 Å². The van der Waals surface area contributed by atoms with E-state index in [4.69, 9.17) is 0 Å². The summed E-state index contributed by atoms with van der Waals surface area (Å²) in [6.45, 7) is -0.351. The zero-order chi connectivity index (χ0) is 12.2. The molecule has 0 atom stereocenters. The first kappa shape index (κ1) is 12.6. The first-order chi connectivity index (χ1) is 7.37. The first-order valence-electron chi connectivity index (χ1n) is 4.37. The summed E-state index contributed by atoms with van der Waals surface area (Å²) >= 11 is 0. The number of halogens is 1. The van der Waals surface area contributed by atoms with E-state index in [0.717, 1.165) is 6.26 Å². The molecule has 0 saturated carbocycles. The Hall–Kier alpha value is -1.47. The molecule has 16 heavy (non-hydrogen) atoms. The SMILES string of the molecule is CS(=O)(=O)NCC(=O)Nc1ccc(F)cc1. The van der Waals surface area contributed by atoms with E-state index in [1.54, 1.807) is 0 Å². The Labute approximate surface area is 92.7 Å². The van der Waals surface area contributed by atoms with Crippen LogP contribution in [0, 0.1) is 5.82 Å². The molecule has 0 heterocycles. The van der Waals surface area contributed by atoms with Crippen LogP contribution in [0.2, 0.25) is 0 Å². The molecule has 0 unspecified atom stereocenters. The highest BCUT2D eigenvalue weighted by Crippen LogP contribution is 2.07. The number of hydrogen-bond donors (Lipinski definition) is 2. The van der Waals surface area contributed by atoms with Gasteiger partial charge in [-0.1, -0.05) is 0 Å². The lowest BCUT2D eigenvalue weighted by molar-refractivity contribution is -0.115. The van der Waals surface area contributed by atoms with Crippen molar-refractivity contribution in [3.8, 4) is 0 Å².